The predicted octanol–water partition coefficient (Wildman–Crippen LogP) is 1.04. The molecule has 1 rings (SSSR count). The summed E-state index contributed by atoms with van der Waals surface area (Å²) in [4.78, 5) is 11.1. The van der Waals surface area contributed by atoms with Crippen LogP contribution < -0.4 is 0 Å². The summed E-state index contributed by atoms with van der Waals surface area (Å²) in [6.45, 7) is 3.43. The first kappa shape index (κ1) is 15.5. The Kier molecular flexibility index (Phi) is 6.14. The molecule has 4 nitrogen and oxygen atoms in total. The van der Waals surface area contributed by atoms with Crippen LogP contribution in [0.15, 0.2) is 41.8 Å². The molecule has 82 valence electrons. The molecule has 0 aliphatic heterocycles. The molecule has 0 radical (unpaired) electrons. The number of benzene rings is 1. The van der Waals surface area contributed by atoms with E-state index in [1.165, 1.54) is 30.3 Å². The summed E-state index contributed by atoms with van der Waals surface area (Å²) in [5, 5.41) is 0. The second-order valence-electron chi connectivity index (χ2n) is 2.92. The van der Waals surface area contributed by atoms with Crippen molar-refractivity contribution in [3.8, 4) is 0 Å². The van der Waals surface area contributed by atoms with E-state index in [2.05, 4.69) is 6.58 Å². The summed E-state index contributed by atoms with van der Waals surface area (Å²) >= 11 is 0. The van der Waals surface area contributed by atoms with E-state index in [0.29, 0.717) is 5.56 Å². The first-order valence-electron chi connectivity index (χ1n) is 4.17. The average molecular weight is 250 g/mol. The zero-order valence-corrected chi connectivity index (χ0v) is 8.70. The number of hydrogen-bond donors (Lipinski definition) is 1. The second-order valence-corrected chi connectivity index (χ2v) is 4.34. The number of hydrogen-bond acceptors (Lipinski definition) is 3. The van der Waals surface area contributed by atoms with Crippen molar-refractivity contribution in [1.29, 1.82) is 0 Å². The summed E-state index contributed by atoms with van der Waals surface area (Å²) in [5.74, 6) is -0.146. The molecule has 0 fully saturated rings. The molecule has 1 N–H and O–H groups in total. The molecule has 0 saturated heterocycles. The zero-order valence-electron chi connectivity index (χ0n) is 7.88. The van der Waals surface area contributed by atoms with Crippen LogP contribution >= 0.6 is 0 Å². The Bertz CT molecular complexity index is 476. The molecule has 1 aromatic carbocycles. The molecule has 0 saturated carbocycles. The first-order chi connectivity index (χ1) is 6.95. The van der Waals surface area contributed by atoms with Gasteiger partial charge in [-0.05, 0) is 12.1 Å². The Morgan fingerprint density at radius 3 is 2.19 bits per heavy atom. The fourth-order valence-corrected chi connectivity index (χ4v) is 1.54. The van der Waals surface area contributed by atoms with Crippen molar-refractivity contribution in [3.63, 3.8) is 0 Å². The monoisotopic (exact) mass is 250 g/mol. The Morgan fingerprint density at radius 2 is 1.81 bits per heavy atom. The van der Waals surface area contributed by atoms with Crippen LogP contribution in [-0.2, 0) is 10.1 Å². The van der Waals surface area contributed by atoms with E-state index in [4.69, 9.17) is 4.55 Å². The number of ketones is 1. The average Bonchev–Trinajstić information content (AvgIpc) is 2.17. The third-order valence-electron chi connectivity index (χ3n) is 1.80. The van der Waals surface area contributed by atoms with Crippen LogP contribution in [-0.4, -0.2) is 48.3 Å². The molecular weight excluding hydrogens is 239 g/mol. The quantitative estimate of drug-likeness (QED) is 0.375. The second kappa shape index (κ2) is 6.32. The van der Waals surface area contributed by atoms with Crippen molar-refractivity contribution in [2.45, 2.75) is 11.3 Å². The Balaban J connectivity index is 0.00000225. The molecule has 0 amide bonds. The maximum absolute atomic E-state index is 11.3. The van der Waals surface area contributed by atoms with Gasteiger partial charge in [-0.1, -0.05) is 18.2 Å². The van der Waals surface area contributed by atoms with Gasteiger partial charge in [-0.15, -0.1) is 6.58 Å². The van der Waals surface area contributed by atoms with E-state index < -0.39 is 10.1 Å². The molecule has 0 atom stereocenters. The van der Waals surface area contributed by atoms with E-state index >= 15 is 0 Å². The van der Waals surface area contributed by atoms with Gasteiger partial charge in [0.2, 0.25) is 0 Å². The van der Waals surface area contributed by atoms with Crippen LogP contribution in [0.2, 0.25) is 0 Å². The summed E-state index contributed by atoms with van der Waals surface area (Å²) in [5.41, 5.74) is 0.391. The van der Waals surface area contributed by atoms with E-state index in [-0.39, 0.29) is 46.7 Å². The standard InChI is InChI=1S/C10H10O4S.Na.H/c1-2-3-10(11)8-4-6-9(7-5-8)15(12,13)14;;/h2,4-7H,1,3H2,(H,12,13,14);;. The Hall–Kier alpha value is -0.460. The zero-order chi connectivity index (χ0) is 11.5. The summed E-state index contributed by atoms with van der Waals surface area (Å²) in [6, 6.07) is 5.08. The molecule has 16 heavy (non-hydrogen) atoms. The fraction of sp³-hybridized carbons (Fsp3) is 0.100. The van der Waals surface area contributed by atoms with E-state index in [1.807, 2.05) is 0 Å². The minimum atomic E-state index is -4.19. The van der Waals surface area contributed by atoms with Crippen molar-refractivity contribution in [3.05, 3.63) is 42.5 Å². The number of carbonyl (C=O) groups excluding carboxylic acids is 1. The van der Waals surface area contributed by atoms with Gasteiger partial charge in [0.05, 0.1) is 4.90 Å². The van der Waals surface area contributed by atoms with Crippen LogP contribution in [0.3, 0.4) is 0 Å². The minimum absolute atomic E-state index is 0. The molecule has 0 heterocycles. The van der Waals surface area contributed by atoms with Gasteiger partial charge in [0.1, 0.15) is 0 Å². The van der Waals surface area contributed by atoms with Gasteiger partial charge in [0.25, 0.3) is 10.1 Å². The molecule has 0 bridgehead atoms. The van der Waals surface area contributed by atoms with Crippen LogP contribution in [0.1, 0.15) is 16.8 Å². The third kappa shape index (κ3) is 4.19. The van der Waals surface area contributed by atoms with Crippen molar-refractivity contribution < 1.29 is 17.8 Å². The molecule has 1 aromatic rings. The molecule has 0 spiro atoms. The number of Topliss-reactive ketones (excluding diaryl/α,β-unsaturated/α-hetero) is 1. The fourth-order valence-electron chi connectivity index (χ4n) is 1.06. The maximum atomic E-state index is 11.3. The van der Waals surface area contributed by atoms with Crippen molar-refractivity contribution in [1.82, 2.24) is 0 Å². The predicted molar refractivity (Wildman–Crippen MR) is 62.6 cm³/mol. The van der Waals surface area contributed by atoms with Crippen LogP contribution in [0.5, 0.6) is 0 Å². The Labute approximate surface area is 116 Å². The topological polar surface area (TPSA) is 71.4 Å². The first-order valence-corrected chi connectivity index (χ1v) is 5.61. The normalized spacial score (nSPS) is 10.3. The number of rotatable bonds is 4. The van der Waals surface area contributed by atoms with Gasteiger partial charge in [-0.3, -0.25) is 9.35 Å². The third-order valence-corrected chi connectivity index (χ3v) is 2.67. The van der Waals surface area contributed by atoms with Crippen LogP contribution in [0, 0.1) is 0 Å². The molecular formula is C10H11NaO4S. The molecule has 0 aliphatic carbocycles. The van der Waals surface area contributed by atoms with E-state index in [1.54, 1.807) is 0 Å². The number of allylic oxidation sites excluding steroid dienone is 1. The molecule has 0 unspecified atom stereocenters. The summed E-state index contributed by atoms with van der Waals surface area (Å²) < 4.78 is 30.1. The van der Waals surface area contributed by atoms with Crippen molar-refractivity contribution in [2.75, 3.05) is 0 Å². The van der Waals surface area contributed by atoms with Gasteiger partial charge in [-0.2, -0.15) is 8.42 Å². The molecule has 6 heteroatoms. The SMILES string of the molecule is C=CCC(=O)c1ccc(S(=O)(=O)O)cc1.[NaH]. The molecule has 0 aromatic heterocycles. The summed E-state index contributed by atoms with van der Waals surface area (Å²) in [6.07, 6.45) is 1.67. The number of carbonyl (C=O) groups is 1. The van der Waals surface area contributed by atoms with Gasteiger partial charge in [0, 0.05) is 12.0 Å². The van der Waals surface area contributed by atoms with Crippen molar-refractivity contribution in [2.24, 2.45) is 0 Å². The molecule has 0 aliphatic rings. The van der Waals surface area contributed by atoms with Crippen LogP contribution in [0.25, 0.3) is 0 Å². The van der Waals surface area contributed by atoms with E-state index in [0.717, 1.165) is 0 Å². The summed E-state index contributed by atoms with van der Waals surface area (Å²) in [7, 11) is -4.19. The Morgan fingerprint density at radius 1 is 1.31 bits per heavy atom. The van der Waals surface area contributed by atoms with Gasteiger partial charge >= 0.3 is 29.6 Å². The van der Waals surface area contributed by atoms with Gasteiger partial charge in [0.15, 0.2) is 5.78 Å². The van der Waals surface area contributed by atoms with Crippen LogP contribution in [0.4, 0.5) is 0 Å². The van der Waals surface area contributed by atoms with Crippen molar-refractivity contribution >= 4 is 45.5 Å². The van der Waals surface area contributed by atoms with Gasteiger partial charge in [-0.25, -0.2) is 0 Å². The van der Waals surface area contributed by atoms with E-state index in [9.17, 15) is 13.2 Å². The van der Waals surface area contributed by atoms with Gasteiger partial charge < -0.3 is 0 Å².